The molecule has 0 saturated carbocycles. The minimum Gasteiger partial charge on any atom is -0.467 e. The van der Waals surface area contributed by atoms with E-state index < -0.39 is 0 Å². The van der Waals surface area contributed by atoms with Crippen LogP contribution in [0.3, 0.4) is 0 Å². The molecule has 0 atom stereocenters. The highest BCUT2D eigenvalue weighted by Gasteiger charge is 2.16. The largest absolute Gasteiger partial charge is 0.467 e. The maximum atomic E-state index is 11.8. The van der Waals surface area contributed by atoms with E-state index in [-0.39, 0.29) is 12.5 Å². The third-order valence-electron chi connectivity index (χ3n) is 2.65. The smallest absolute Gasteiger partial charge is 0.260 e. The van der Waals surface area contributed by atoms with Gasteiger partial charge >= 0.3 is 0 Å². The average molecular weight is 236 g/mol. The lowest BCUT2D eigenvalue weighted by Crippen LogP contribution is -2.48. The van der Waals surface area contributed by atoms with Crippen LogP contribution >= 0.6 is 0 Å². The average Bonchev–Trinajstić information content (AvgIpc) is 2.38. The maximum Gasteiger partial charge on any atom is 0.260 e. The van der Waals surface area contributed by atoms with Crippen molar-refractivity contribution in [2.75, 3.05) is 32.8 Å². The van der Waals surface area contributed by atoms with Crippen molar-refractivity contribution in [3.8, 4) is 5.88 Å². The molecule has 0 aliphatic carbocycles. The fourth-order valence-electron chi connectivity index (χ4n) is 1.67. The van der Waals surface area contributed by atoms with E-state index >= 15 is 0 Å². The lowest BCUT2D eigenvalue weighted by Gasteiger charge is -2.27. The molecule has 1 aromatic rings. The Morgan fingerprint density at radius 1 is 1.53 bits per heavy atom. The highest BCUT2D eigenvalue weighted by atomic mass is 16.5. The van der Waals surface area contributed by atoms with Gasteiger partial charge in [-0.3, -0.25) is 4.79 Å². The summed E-state index contributed by atoms with van der Waals surface area (Å²) in [7, 11) is 0. The van der Waals surface area contributed by atoms with Crippen LogP contribution in [-0.2, 0) is 4.79 Å². The summed E-state index contributed by atoms with van der Waals surface area (Å²) < 4.78 is 5.39. The number of ether oxygens (including phenoxy) is 1. The molecule has 6 nitrogen and oxygen atoms in total. The molecule has 0 aromatic carbocycles. The molecule has 6 heteroatoms. The third kappa shape index (κ3) is 3.13. The van der Waals surface area contributed by atoms with E-state index in [1.165, 1.54) is 6.33 Å². The Balaban J connectivity index is 1.85. The highest BCUT2D eigenvalue weighted by Crippen LogP contribution is 2.10. The van der Waals surface area contributed by atoms with Gasteiger partial charge in [0.25, 0.3) is 5.91 Å². The molecule has 0 unspecified atom stereocenters. The van der Waals surface area contributed by atoms with Crippen LogP contribution in [0.2, 0.25) is 0 Å². The van der Waals surface area contributed by atoms with Crippen molar-refractivity contribution >= 4 is 5.91 Å². The van der Waals surface area contributed by atoms with Crippen molar-refractivity contribution in [2.45, 2.75) is 6.92 Å². The van der Waals surface area contributed by atoms with Crippen molar-refractivity contribution in [2.24, 2.45) is 0 Å². The van der Waals surface area contributed by atoms with Crippen LogP contribution in [0, 0.1) is 6.92 Å². The van der Waals surface area contributed by atoms with Gasteiger partial charge in [-0.2, -0.15) is 0 Å². The Morgan fingerprint density at radius 2 is 2.29 bits per heavy atom. The normalized spacial score (nSPS) is 15.7. The summed E-state index contributed by atoms with van der Waals surface area (Å²) in [5.74, 6) is 0.480. The number of piperazine rings is 1. The summed E-state index contributed by atoms with van der Waals surface area (Å²) in [5, 5.41) is 3.20. The van der Waals surface area contributed by atoms with Crippen molar-refractivity contribution < 1.29 is 9.53 Å². The van der Waals surface area contributed by atoms with Gasteiger partial charge in [-0.05, 0) is 6.92 Å². The SMILES string of the molecule is Cc1cncnc1OCC(=O)N1CCNCC1. The van der Waals surface area contributed by atoms with Gasteiger partial charge in [0, 0.05) is 37.9 Å². The first-order chi connectivity index (χ1) is 8.27. The number of aryl methyl sites for hydroxylation is 1. The summed E-state index contributed by atoms with van der Waals surface area (Å²) in [6.07, 6.45) is 3.08. The molecule has 1 fully saturated rings. The summed E-state index contributed by atoms with van der Waals surface area (Å²) in [6, 6.07) is 0. The number of rotatable bonds is 3. The summed E-state index contributed by atoms with van der Waals surface area (Å²) in [6.45, 7) is 5.06. The molecular formula is C11H16N4O2. The zero-order valence-corrected chi connectivity index (χ0v) is 9.85. The topological polar surface area (TPSA) is 67.4 Å². The number of aromatic nitrogens is 2. The van der Waals surface area contributed by atoms with Crippen LogP contribution in [-0.4, -0.2) is 53.6 Å². The molecule has 1 amide bonds. The van der Waals surface area contributed by atoms with Crippen LogP contribution in [0.15, 0.2) is 12.5 Å². The summed E-state index contributed by atoms with van der Waals surface area (Å²) in [5.41, 5.74) is 0.834. The van der Waals surface area contributed by atoms with E-state index in [0.717, 1.165) is 31.7 Å². The van der Waals surface area contributed by atoms with Gasteiger partial charge in [-0.25, -0.2) is 9.97 Å². The van der Waals surface area contributed by atoms with Gasteiger partial charge in [0.1, 0.15) is 6.33 Å². The van der Waals surface area contributed by atoms with E-state index in [9.17, 15) is 4.79 Å². The van der Waals surface area contributed by atoms with Gasteiger partial charge < -0.3 is 15.0 Å². The van der Waals surface area contributed by atoms with Gasteiger partial charge in [-0.1, -0.05) is 0 Å². The Hall–Kier alpha value is -1.69. The van der Waals surface area contributed by atoms with Gasteiger partial charge in [0.2, 0.25) is 5.88 Å². The Labute approximate surface area is 100 Å². The maximum absolute atomic E-state index is 11.8. The van der Waals surface area contributed by atoms with E-state index in [2.05, 4.69) is 15.3 Å². The van der Waals surface area contributed by atoms with Crippen LogP contribution in [0.4, 0.5) is 0 Å². The molecule has 2 rings (SSSR count). The number of nitrogens with one attached hydrogen (secondary N) is 1. The molecule has 0 spiro atoms. The first-order valence-electron chi connectivity index (χ1n) is 5.65. The third-order valence-corrected chi connectivity index (χ3v) is 2.65. The number of amides is 1. The van der Waals surface area contributed by atoms with E-state index in [1.54, 1.807) is 11.1 Å². The second-order valence-corrected chi connectivity index (χ2v) is 3.93. The zero-order valence-electron chi connectivity index (χ0n) is 9.85. The molecule has 0 radical (unpaired) electrons. The van der Waals surface area contributed by atoms with Crippen molar-refractivity contribution in [1.82, 2.24) is 20.2 Å². The molecule has 0 bridgehead atoms. The van der Waals surface area contributed by atoms with Crippen LogP contribution < -0.4 is 10.1 Å². The van der Waals surface area contributed by atoms with E-state index in [1.807, 2.05) is 6.92 Å². The number of hydrogen-bond acceptors (Lipinski definition) is 5. The first kappa shape index (κ1) is 11.8. The number of carbonyl (C=O) groups is 1. The zero-order chi connectivity index (χ0) is 12.1. The molecule has 2 heterocycles. The van der Waals surface area contributed by atoms with E-state index in [4.69, 9.17) is 4.74 Å². The predicted octanol–water partition coefficient (Wildman–Crippen LogP) is -0.404. The molecule has 1 saturated heterocycles. The number of carbonyl (C=O) groups excluding carboxylic acids is 1. The molecular weight excluding hydrogens is 220 g/mol. The number of hydrogen-bond donors (Lipinski definition) is 1. The number of nitrogens with zero attached hydrogens (tertiary/aromatic N) is 3. The Kier molecular flexibility index (Phi) is 3.87. The molecule has 1 aliphatic heterocycles. The lowest BCUT2D eigenvalue weighted by molar-refractivity contribution is -0.134. The van der Waals surface area contributed by atoms with Crippen LogP contribution in [0.1, 0.15) is 5.56 Å². The van der Waals surface area contributed by atoms with Crippen LogP contribution in [0.25, 0.3) is 0 Å². The van der Waals surface area contributed by atoms with Gasteiger partial charge in [0.15, 0.2) is 6.61 Å². The molecule has 17 heavy (non-hydrogen) atoms. The van der Waals surface area contributed by atoms with Crippen molar-refractivity contribution in [3.05, 3.63) is 18.1 Å². The van der Waals surface area contributed by atoms with Gasteiger partial charge in [0.05, 0.1) is 0 Å². The predicted molar refractivity (Wildman–Crippen MR) is 61.7 cm³/mol. The minimum atomic E-state index is 0.00418. The Bertz CT molecular complexity index is 391. The standard InChI is InChI=1S/C11H16N4O2/c1-9-6-13-8-14-11(9)17-7-10(16)15-4-2-12-3-5-15/h6,8,12H,2-5,7H2,1H3. The lowest BCUT2D eigenvalue weighted by atomic mass is 10.3. The first-order valence-corrected chi connectivity index (χ1v) is 5.65. The van der Waals surface area contributed by atoms with Crippen molar-refractivity contribution in [3.63, 3.8) is 0 Å². The van der Waals surface area contributed by atoms with Gasteiger partial charge in [-0.15, -0.1) is 0 Å². The monoisotopic (exact) mass is 236 g/mol. The molecule has 1 aromatic heterocycles. The summed E-state index contributed by atoms with van der Waals surface area (Å²) >= 11 is 0. The fourth-order valence-corrected chi connectivity index (χ4v) is 1.67. The second-order valence-electron chi connectivity index (χ2n) is 3.93. The molecule has 1 N–H and O–H groups in total. The quantitative estimate of drug-likeness (QED) is 0.773. The van der Waals surface area contributed by atoms with E-state index in [0.29, 0.717) is 5.88 Å². The molecule has 1 aliphatic rings. The highest BCUT2D eigenvalue weighted by molar-refractivity contribution is 5.77. The summed E-state index contributed by atoms with van der Waals surface area (Å²) in [4.78, 5) is 21.5. The van der Waals surface area contributed by atoms with Crippen LogP contribution in [0.5, 0.6) is 5.88 Å². The second kappa shape index (κ2) is 5.58. The molecule has 92 valence electrons. The minimum absolute atomic E-state index is 0.00418. The fraction of sp³-hybridized carbons (Fsp3) is 0.545. The van der Waals surface area contributed by atoms with Crippen molar-refractivity contribution in [1.29, 1.82) is 0 Å². The Morgan fingerprint density at radius 3 is 3.00 bits per heavy atom.